The Kier molecular flexibility index (Phi) is 4.59. The molecule has 0 atom stereocenters. The van der Waals surface area contributed by atoms with Gasteiger partial charge in [-0.25, -0.2) is 8.78 Å². The fourth-order valence-corrected chi connectivity index (χ4v) is 1.97. The summed E-state index contributed by atoms with van der Waals surface area (Å²) in [7, 11) is 0. The average molecular weight is 312 g/mol. The van der Waals surface area contributed by atoms with E-state index >= 15 is 0 Å². The fraction of sp³-hybridized carbons (Fsp3) is 0.0714. The van der Waals surface area contributed by atoms with Crippen LogP contribution in [-0.4, -0.2) is 11.0 Å². The van der Waals surface area contributed by atoms with Gasteiger partial charge in [0.05, 0.1) is 10.7 Å². The largest absolute Gasteiger partial charge is 0.409 e. The van der Waals surface area contributed by atoms with E-state index in [-0.39, 0.29) is 28.7 Å². The summed E-state index contributed by atoms with van der Waals surface area (Å²) in [4.78, 5) is 0. The number of halogens is 3. The van der Waals surface area contributed by atoms with Gasteiger partial charge in [0, 0.05) is 12.1 Å². The van der Waals surface area contributed by atoms with Crippen LogP contribution in [0.3, 0.4) is 0 Å². The van der Waals surface area contributed by atoms with Crippen LogP contribution in [0.25, 0.3) is 0 Å². The van der Waals surface area contributed by atoms with Crippen molar-refractivity contribution in [3.63, 3.8) is 0 Å². The first-order chi connectivity index (χ1) is 10.0. The first kappa shape index (κ1) is 15.1. The third-order valence-electron chi connectivity index (χ3n) is 2.80. The lowest BCUT2D eigenvalue weighted by molar-refractivity contribution is 0.318. The lowest BCUT2D eigenvalue weighted by atomic mass is 10.1. The Morgan fingerprint density at radius 2 is 2.05 bits per heavy atom. The molecule has 0 unspecified atom stereocenters. The summed E-state index contributed by atoms with van der Waals surface area (Å²) >= 11 is 5.67. The number of oxime groups is 1. The Labute approximate surface area is 124 Å². The zero-order valence-corrected chi connectivity index (χ0v) is 11.5. The van der Waals surface area contributed by atoms with Crippen LogP contribution >= 0.6 is 11.6 Å². The van der Waals surface area contributed by atoms with E-state index in [0.29, 0.717) is 5.56 Å². The summed E-state index contributed by atoms with van der Waals surface area (Å²) < 4.78 is 27.2. The van der Waals surface area contributed by atoms with Crippen molar-refractivity contribution in [3.05, 3.63) is 64.2 Å². The SMILES string of the molecule is N/C(=N/O)c1cc(F)cc(CNc2cccc(Cl)c2F)c1. The van der Waals surface area contributed by atoms with Crippen molar-refractivity contribution in [2.24, 2.45) is 10.9 Å². The zero-order valence-electron chi connectivity index (χ0n) is 10.8. The van der Waals surface area contributed by atoms with Crippen molar-refractivity contribution < 1.29 is 14.0 Å². The number of nitrogens with two attached hydrogens (primary N) is 1. The predicted molar refractivity (Wildman–Crippen MR) is 77.6 cm³/mol. The highest BCUT2D eigenvalue weighted by atomic mass is 35.5. The summed E-state index contributed by atoms with van der Waals surface area (Å²) in [5.74, 6) is -1.32. The fourth-order valence-electron chi connectivity index (χ4n) is 1.80. The molecule has 7 heteroatoms. The van der Waals surface area contributed by atoms with Gasteiger partial charge in [-0.2, -0.15) is 0 Å². The van der Waals surface area contributed by atoms with Crippen LogP contribution in [0.4, 0.5) is 14.5 Å². The van der Waals surface area contributed by atoms with Gasteiger partial charge in [-0.05, 0) is 35.9 Å². The monoisotopic (exact) mass is 311 g/mol. The maximum absolute atomic E-state index is 13.7. The van der Waals surface area contributed by atoms with Crippen LogP contribution in [0.15, 0.2) is 41.6 Å². The molecule has 0 heterocycles. The minimum atomic E-state index is -0.577. The molecule has 2 aromatic carbocycles. The smallest absolute Gasteiger partial charge is 0.170 e. The Balaban J connectivity index is 2.20. The van der Waals surface area contributed by atoms with Crippen LogP contribution < -0.4 is 11.1 Å². The van der Waals surface area contributed by atoms with Crippen molar-refractivity contribution in [3.8, 4) is 0 Å². The third-order valence-corrected chi connectivity index (χ3v) is 3.09. The normalized spacial score (nSPS) is 11.5. The summed E-state index contributed by atoms with van der Waals surface area (Å²) in [6, 6.07) is 8.49. The molecule has 0 fully saturated rings. The van der Waals surface area contributed by atoms with E-state index in [4.69, 9.17) is 22.5 Å². The van der Waals surface area contributed by atoms with E-state index in [9.17, 15) is 8.78 Å². The molecule has 4 nitrogen and oxygen atoms in total. The summed E-state index contributed by atoms with van der Waals surface area (Å²) in [6.45, 7) is 0.154. The number of amidine groups is 1. The van der Waals surface area contributed by atoms with Crippen molar-refractivity contribution >= 4 is 23.1 Å². The van der Waals surface area contributed by atoms with Crippen molar-refractivity contribution in [2.75, 3.05) is 5.32 Å². The molecular weight excluding hydrogens is 300 g/mol. The Hall–Kier alpha value is -2.34. The molecule has 0 spiro atoms. The number of anilines is 1. The minimum absolute atomic E-state index is 0.00316. The second-order valence-electron chi connectivity index (χ2n) is 4.29. The molecule has 2 aromatic rings. The van der Waals surface area contributed by atoms with E-state index in [1.165, 1.54) is 24.3 Å². The van der Waals surface area contributed by atoms with Crippen LogP contribution in [0.1, 0.15) is 11.1 Å². The minimum Gasteiger partial charge on any atom is -0.409 e. The van der Waals surface area contributed by atoms with E-state index in [1.807, 2.05) is 0 Å². The molecule has 2 rings (SSSR count). The number of nitrogens with one attached hydrogen (secondary N) is 1. The van der Waals surface area contributed by atoms with Crippen LogP contribution in [0.5, 0.6) is 0 Å². The quantitative estimate of drug-likeness (QED) is 0.351. The molecule has 0 aliphatic carbocycles. The van der Waals surface area contributed by atoms with Crippen molar-refractivity contribution in [2.45, 2.75) is 6.54 Å². The van der Waals surface area contributed by atoms with Gasteiger partial charge in [-0.15, -0.1) is 0 Å². The number of hydrogen-bond donors (Lipinski definition) is 3. The van der Waals surface area contributed by atoms with E-state index < -0.39 is 11.6 Å². The molecule has 0 aliphatic heterocycles. The number of rotatable bonds is 4. The molecule has 0 saturated heterocycles. The van der Waals surface area contributed by atoms with Gasteiger partial charge in [0.15, 0.2) is 11.7 Å². The topological polar surface area (TPSA) is 70.6 Å². The molecule has 0 bridgehead atoms. The van der Waals surface area contributed by atoms with Gasteiger partial charge in [0.25, 0.3) is 0 Å². The highest BCUT2D eigenvalue weighted by molar-refractivity contribution is 6.31. The number of hydrogen-bond acceptors (Lipinski definition) is 3. The molecular formula is C14H12ClF2N3O. The summed E-state index contributed by atoms with van der Waals surface area (Å²) in [5, 5.41) is 14.2. The third kappa shape index (κ3) is 3.61. The average Bonchev–Trinajstić information content (AvgIpc) is 2.47. The lowest BCUT2D eigenvalue weighted by Crippen LogP contribution is -2.14. The molecule has 21 heavy (non-hydrogen) atoms. The molecule has 4 N–H and O–H groups in total. The van der Waals surface area contributed by atoms with Gasteiger partial charge in [-0.1, -0.05) is 22.8 Å². The molecule has 0 aliphatic rings. The van der Waals surface area contributed by atoms with Gasteiger partial charge in [0.1, 0.15) is 5.82 Å². The predicted octanol–water partition coefficient (Wildman–Crippen LogP) is 3.32. The first-order valence-electron chi connectivity index (χ1n) is 5.96. The highest BCUT2D eigenvalue weighted by Crippen LogP contribution is 2.22. The van der Waals surface area contributed by atoms with Crippen LogP contribution in [0, 0.1) is 11.6 Å². The zero-order chi connectivity index (χ0) is 15.4. The number of nitrogens with zero attached hydrogens (tertiary/aromatic N) is 1. The van der Waals surface area contributed by atoms with Crippen molar-refractivity contribution in [1.82, 2.24) is 0 Å². The second-order valence-corrected chi connectivity index (χ2v) is 4.70. The van der Waals surface area contributed by atoms with Gasteiger partial charge in [0.2, 0.25) is 0 Å². The van der Waals surface area contributed by atoms with E-state index in [1.54, 1.807) is 6.07 Å². The van der Waals surface area contributed by atoms with Crippen molar-refractivity contribution in [1.29, 1.82) is 0 Å². The second kappa shape index (κ2) is 6.41. The standard InChI is InChI=1S/C14H12ClF2N3O/c15-11-2-1-3-12(13(11)17)19-7-8-4-9(14(18)20-21)6-10(16)5-8/h1-6,19,21H,7H2,(H2,18,20). The lowest BCUT2D eigenvalue weighted by Gasteiger charge is -2.10. The Bertz CT molecular complexity index is 692. The molecule has 0 aromatic heterocycles. The maximum Gasteiger partial charge on any atom is 0.170 e. The highest BCUT2D eigenvalue weighted by Gasteiger charge is 2.08. The molecule has 0 radical (unpaired) electrons. The van der Waals surface area contributed by atoms with E-state index in [2.05, 4.69) is 10.5 Å². The Morgan fingerprint density at radius 1 is 1.29 bits per heavy atom. The van der Waals surface area contributed by atoms with Gasteiger partial charge < -0.3 is 16.3 Å². The summed E-state index contributed by atoms with van der Waals surface area (Å²) in [6.07, 6.45) is 0. The van der Waals surface area contributed by atoms with Gasteiger partial charge in [-0.3, -0.25) is 0 Å². The van der Waals surface area contributed by atoms with E-state index in [0.717, 1.165) is 6.07 Å². The van der Waals surface area contributed by atoms with Crippen LogP contribution in [0.2, 0.25) is 5.02 Å². The molecule has 110 valence electrons. The number of benzene rings is 2. The molecule has 0 amide bonds. The van der Waals surface area contributed by atoms with Gasteiger partial charge >= 0.3 is 0 Å². The molecule has 0 saturated carbocycles. The maximum atomic E-state index is 13.7. The summed E-state index contributed by atoms with van der Waals surface area (Å²) in [5.41, 5.74) is 6.37. The van der Waals surface area contributed by atoms with Crippen LogP contribution in [-0.2, 0) is 6.54 Å². The Morgan fingerprint density at radius 3 is 2.76 bits per heavy atom. The first-order valence-corrected chi connectivity index (χ1v) is 6.34.